The minimum Gasteiger partial charge on any atom is -0.256 e. The lowest BCUT2D eigenvalue weighted by molar-refractivity contribution is 0.352. The summed E-state index contributed by atoms with van der Waals surface area (Å²) in [6.45, 7) is 3.59. The van der Waals surface area contributed by atoms with Crippen LogP contribution in [-0.2, 0) is 13.1 Å². The third kappa shape index (κ3) is 2.03. The topological polar surface area (TPSA) is 31.9 Å². The van der Waals surface area contributed by atoms with Gasteiger partial charge in [0.05, 0.1) is 5.69 Å². The predicted molar refractivity (Wildman–Crippen MR) is 80.5 cm³/mol. The number of halogens is 1. The fraction of sp³-hybridized carbons (Fsp3) is 0.385. The van der Waals surface area contributed by atoms with Crippen molar-refractivity contribution in [1.82, 2.24) is 13.9 Å². The standard InChI is InChI=1S/C13H14BrN3OS/c1-9-8-10(4-5-11(9)14)17-12(18)15-6-2-3-7-16(15)13(17)19/h4-5,8H,2-3,6-7H2,1H3. The normalized spacial score (nSPS) is 14.4. The molecule has 1 aromatic heterocycles. The minimum absolute atomic E-state index is 0.0357. The summed E-state index contributed by atoms with van der Waals surface area (Å²) in [4.78, 5) is 12.5. The average Bonchev–Trinajstić information content (AvgIpc) is 2.66. The van der Waals surface area contributed by atoms with Crippen molar-refractivity contribution >= 4 is 28.1 Å². The summed E-state index contributed by atoms with van der Waals surface area (Å²) in [5, 5.41) is 0. The Kier molecular flexibility index (Phi) is 3.22. The zero-order valence-electron chi connectivity index (χ0n) is 10.6. The lowest BCUT2D eigenvalue weighted by atomic mass is 10.2. The number of benzene rings is 1. The number of fused-ring (bicyclic) bond motifs is 1. The Bertz CT molecular complexity index is 719. The second-order valence-corrected chi connectivity index (χ2v) is 6.01. The molecule has 0 fully saturated rings. The molecule has 0 unspecified atom stereocenters. The van der Waals surface area contributed by atoms with Crippen LogP contribution >= 0.6 is 28.1 Å². The number of hydrogen-bond donors (Lipinski definition) is 0. The highest BCUT2D eigenvalue weighted by molar-refractivity contribution is 9.10. The molecular formula is C13H14BrN3OS. The van der Waals surface area contributed by atoms with Gasteiger partial charge in [-0.3, -0.25) is 4.68 Å². The first-order valence-electron chi connectivity index (χ1n) is 6.29. The van der Waals surface area contributed by atoms with Crippen molar-refractivity contribution in [3.63, 3.8) is 0 Å². The van der Waals surface area contributed by atoms with Crippen LogP contribution in [0.25, 0.3) is 5.69 Å². The van der Waals surface area contributed by atoms with E-state index in [1.807, 2.05) is 29.8 Å². The van der Waals surface area contributed by atoms with Crippen LogP contribution in [0.2, 0.25) is 0 Å². The molecule has 1 aliphatic heterocycles. The number of hydrogen-bond acceptors (Lipinski definition) is 2. The summed E-state index contributed by atoms with van der Waals surface area (Å²) in [7, 11) is 0. The van der Waals surface area contributed by atoms with Crippen molar-refractivity contribution in [3.05, 3.63) is 43.5 Å². The Hall–Kier alpha value is -1.14. The molecule has 0 N–H and O–H groups in total. The van der Waals surface area contributed by atoms with Crippen LogP contribution in [0.1, 0.15) is 18.4 Å². The van der Waals surface area contributed by atoms with Gasteiger partial charge >= 0.3 is 5.69 Å². The van der Waals surface area contributed by atoms with E-state index in [2.05, 4.69) is 15.9 Å². The Labute approximate surface area is 124 Å². The molecule has 2 heterocycles. The smallest absolute Gasteiger partial charge is 0.256 e. The van der Waals surface area contributed by atoms with E-state index < -0.39 is 0 Å². The van der Waals surface area contributed by atoms with Crippen LogP contribution in [0.5, 0.6) is 0 Å². The fourth-order valence-electron chi connectivity index (χ4n) is 2.46. The molecule has 3 rings (SSSR count). The van der Waals surface area contributed by atoms with E-state index in [0.29, 0.717) is 4.77 Å². The molecule has 1 aromatic carbocycles. The van der Waals surface area contributed by atoms with E-state index in [1.54, 1.807) is 9.25 Å². The van der Waals surface area contributed by atoms with E-state index in [4.69, 9.17) is 12.2 Å². The molecule has 0 aliphatic carbocycles. The summed E-state index contributed by atoms with van der Waals surface area (Å²) in [5.74, 6) is 0. The van der Waals surface area contributed by atoms with Crippen LogP contribution in [0.15, 0.2) is 27.5 Å². The Morgan fingerprint density at radius 2 is 1.89 bits per heavy atom. The average molecular weight is 340 g/mol. The third-order valence-electron chi connectivity index (χ3n) is 3.51. The molecule has 0 atom stereocenters. The molecule has 6 heteroatoms. The molecule has 2 aromatic rings. The minimum atomic E-state index is -0.0357. The first-order chi connectivity index (χ1) is 9.09. The zero-order chi connectivity index (χ0) is 13.6. The van der Waals surface area contributed by atoms with E-state index in [9.17, 15) is 4.79 Å². The van der Waals surface area contributed by atoms with Crippen molar-refractivity contribution in [3.8, 4) is 5.69 Å². The van der Waals surface area contributed by atoms with E-state index in [1.165, 1.54) is 0 Å². The molecule has 0 spiro atoms. The van der Waals surface area contributed by atoms with Gasteiger partial charge in [-0.1, -0.05) is 15.9 Å². The van der Waals surface area contributed by atoms with Crippen molar-refractivity contribution < 1.29 is 0 Å². The summed E-state index contributed by atoms with van der Waals surface area (Å²) < 4.78 is 6.92. The van der Waals surface area contributed by atoms with Crippen LogP contribution in [0, 0.1) is 11.7 Å². The first kappa shape index (κ1) is 12.9. The van der Waals surface area contributed by atoms with Gasteiger partial charge in [-0.2, -0.15) is 0 Å². The number of aromatic nitrogens is 3. The highest BCUT2D eigenvalue weighted by Crippen LogP contribution is 2.19. The lowest BCUT2D eigenvalue weighted by Crippen LogP contribution is -2.29. The van der Waals surface area contributed by atoms with Crippen molar-refractivity contribution in [2.45, 2.75) is 32.9 Å². The fourth-order valence-corrected chi connectivity index (χ4v) is 3.08. The number of nitrogens with zero attached hydrogens (tertiary/aromatic N) is 3. The van der Waals surface area contributed by atoms with Crippen molar-refractivity contribution in [2.75, 3.05) is 0 Å². The van der Waals surface area contributed by atoms with Gasteiger partial charge < -0.3 is 0 Å². The lowest BCUT2D eigenvalue weighted by Gasteiger charge is -2.14. The van der Waals surface area contributed by atoms with Gasteiger partial charge in [0.2, 0.25) is 4.77 Å². The maximum atomic E-state index is 12.5. The molecular weight excluding hydrogens is 326 g/mol. The molecule has 0 radical (unpaired) electrons. The SMILES string of the molecule is Cc1cc(-n2c(=O)n3n(c2=S)CCCC3)ccc1Br. The molecule has 1 aliphatic rings. The van der Waals surface area contributed by atoms with Crippen LogP contribution < -0.4 is 5.69 Å². The third-order valence-corrected chi connectivity index (χ3v) is 4.79. The zero-order valence-corrected chi connectivity index (χ0v) is 13.0. The molecule has 4 nitrogen and oxygen atoms in total. The number of aryl methyl sites for hydroxylation is 1. The Balaban J connectivity index is 2.26. The molecule has 100 valence electrons. The van der Waals surface area contributed by atoms with Crippen LogP contribution in [0.3, 0.4) is 0 Å². The highest BCUT2D eigenvalue weighted by atomic mass is 79.9. The molecule has 0 saturated heterocycles. The van der Waals surface area contributed by atoms with E-state index >= 15 is 0 Å². The summed E-state index contributed by atoms with van der Waals surface area (Å²) in [6.07, 6.45) is 2.12. The quantitative estimate of drug-likeness (QED) is 0.748. The maximum Gasteiger partial charge on any atom is 0.349 e. The van der Waals surface area contributed by atoms with Gasteiger partial charge in [0.15, 0.2) is 0 Å². The van der Waals surface area contributed by atoms with Crippen LogP contribution in [-0.4, -0.2) is 13.9 Å². The van der Waals surface area contributed by atoms with E-state index in [-0.39, 0.29) is 5.69 Å². The highest BCUT2D eigenvalue weighted by Gasteiger charge is 2.17. The summed E-state index contributed by atoms with van der Waals surface area (Å²) in [5.41, 5.74) is 1.89. The van der Waals surface area contributed by atoms with Gasteiger partial charge in [-0.15, -0.1) is 0 Å². The second-order valence-electron chi connectivity index (χ2n) is 4.79. The largest absolute Gasteiger partial charge is 0.349 e. The van der Waals surface area contributed by atoms with Crippen molar-refractivity contribution in [2.24, 2.45) is 0 Å². The maximum absolute atomic E-state index is 12.5. The molecule has 0 saturated carbocycles. The second kappa shape index (κ2) is 4.76. The van der Waals surface area contributed by atoms with E-state index in [0.717, 1.165) is 41.7 Å². The molecule has 0 amide bonds. The van der Waals surface area contributed by atoms with Gasteiger partial charge in [-0.25, -0.2) is 14.0 Å². The number of rotatable bonds is 1. The van der Waals surface area contributed by atoms with Gasteiger partial charge in [-0.05, 0) is 55.7 Å². The monoisotopic (exact) mass is 339 g/mol. The van der Waals surface area contributed by atoms with Gasteiger partial charge in [0.25, 0.3) is 0 Å². The van der Waals surface area contributed by atoms with Crippen molar-refractivity contribution in [1.29, 1.82) is 0 Å². The van der Waals surface area contributed by atoms with Gasteiger partial charge in [0.1, 0.15) is 0 Å². The first-order valence-corrected chi connectivity index (χ1v) is 7.49. The van der Waals surface area contributed by atoms with Crippen LogP contribution in [0.4, 0.5) is 0 Å². The summed E-state index contributed by atoms with van der Waals surface area (Å²) >= 11 is 8.92. The molecule has 0 bridgehead atoms. The predicted octanol–water partition coefficient (Wildman–Crippen LogP) is 3.03. The summed E-state index contributed by atoms with van der Waals surface area (Å²) in [6, 6.07) is 5.85. The molecule has 19 heavy (non-hydrogen) atoms. The van der Waals surface area contributed by atoms with Gasteiger partial charge in [0, 0.05) is 17.6 Å². The Morgan fingerprint density at radius 1 is 1.21 bits per heavy atom. The Morgan fingerprint density at radius 3 is 2.53 bits per heavy atom.